The Morgan fingerprint density at radius 2 is 2.07 bits per heavy atom. The standard InChI is InChI=1S/C12H14O2/c1-2-14-11-8-10(13)12(11)9-6-4-3-5-7-9/h3-7,11-12H,2,8H2,1H3. The van der Waals surface area contributed by atoms with Crippen LogP contribution in [-0.4, -0.2) is 18.5 Å². The average Bonchev–Trinajstić information content (AvgIpc) is 2.19. The number of benzene rings is 1. The number of hydrogen-bond acceptors (Lipinski definition) is 2. The van der Waals surface area contributed by atoms with E-state index in [2.05, 4.69) is 0 Å². The monoisotopic (exact) mass is 190 g/mol. The normalized spacial score (nSPS) is 25.9. The molecule has 1 saturated carbocycles. The number of hydrogen-bond donors (Lipinski definition) is 0. The highest BCUT2D eigenvalue weighted by atomic mass is 16.5. The highest BCUT2D eigenvalue weighted by Crippen LogP contribution is 2.35. The first kappa shape index (κ1) is 9.41. The van der Waals surface area contributed by atoms with Crippen LogP contribution < -0.4 is 0 Å². The highest BCUT2D eigenvalue weighted by molar-refractivity contribution is 5.93. The van der Waals surface area contributed by atoms with Crippen LogP contribution in [0.15, 0.2) is 30.3 Å². The minimum absolute atomic E-state index is 0.0175. The van der Waals surface area contributed by atoms with Gasteiger partial charge in [-0.2, -0.15) is 0 Å². The summed E-state index contributed by atoms with van der Waals surface area (Å²) in [5.41, 5.74) is 1.09. The van der Waals surface area contributed by atoms with E-state index in [4.69, 9.17) is 4.74 Å². The summed E-state index contributed by atoms with van der Waals surface area (Å²) in [5.74, 6) is 0.283. The Bertz CT molecular complexity index is 318. The molecule has 0 N–H and O–H groups in total. The lowest BCUT2D eigenvalue weighted by molar-refractivity contribution is -0.137. The summed E-state index contributed by atoms with van der Waals surface area (Å²) in [6.07, 6.45) is 0.683. The van der Waals surface area contributed by atoms with Crippen LogP contribution >= 0.6 is 0 Å². The van der Waals surface area contributed by atoms with Gasteiger partial charge in [-0.25, -0.2) is 0 Å². The van der Waals surface area contributed by atoms with Gasteiger partial charge in [0.15, 0.2) is 0 Å². The second kappa shape index (κ2) is 3.93. The number of ether oxygens (including phenoxy) is 1. The minimum Gasteiger partial charge on any atom is -0.377 e. The molecule has 0 radical (unpaired) electrons. The molecule has 0 amide bonds. The molecule has 74 valence electrons. The molecule has 1 aliphatic carbocycles. The first-order valence-electron chi connectivity index (χ1n) is 5.02. The van der Waals surface area contributed by atoms with Gasteiger partial charge in [0.1, 0.15) is 5.78 Å². The minimum atomic E-state index is -0.0175. The Kier molecular flexibility index (Phi) is 2.64. The van der Waals surface area contributed by atoms with Crippen LogP contribution in [0.1, 0.15) is 24.8 Å². The van der Waals surface area contributed by atoms with Crippen LogP contribution in [0.4, 0.5) is 0 Å². The number of rotatable bonds is 3. The lowest BCUT2D eigenvalue weighted by Crippen LogP contribution is -2.41. The van der Waals surface area contributed by atoms with Crippen molar-refractivity contribution in [1.29, 1.82) is 0 Å². The maximum absolute atomic E-state index is 11.4. The maximum Gasteiger partial charge on any atom is 0.145 e. The Labute approximate surface area is 83.9 Å². The number of Topliss-reactive ketones (excluding diaryl/α,β-unsaturated/α-hetero) is 1. The Balaban J connectivity index is 2.13. The highest BCUT2D eigenvalue weighted by Gasteiger charge is 2.41. The fourth-order valence-electron chi connectivity index (χ4n) is 1.92. The summed E-state index contributed by atoms with van der Waals surface area (Å²) in [7, 11) is 0. The molecule has 1 fully saturated rings. The van der Waals surface area contributed by atoms with Crippen molar-refractivity contribution in [2.75, 3.05) is 6.61 Å². The van der Waals surface area contributed by atoms with Crippen molar-refractivity contribution in [1.82, 2.24) is 0 Å². The van der Waals surface area contributed by atoms with Crippen molar-refractivity contribution in [3.8, 4) is 0 Å². The molecule has 0 aromatic heterocycles. The average molecular weight is 190 g/mol. The zero-order chi connectivity index (χ0) is 9.97. The Hall–Kier alpha value is -1.15. The Morgan fingerprint density at radius 1 is 1.36 bits per heavy atom. The fourth-order valence-corrected chi connectivity index (χ4v) is 1.92. The predicted octanol–water partition coefficient (Wildman–Crippen LogP) is 2.15. The molecule has 2 atom stereocenters. The van der Waals surface area contributed by atoms with Crippen LogP contribution in [-0.2, 0) is 9.53 Å². The summed E-state index contributed by atoms with van der Waals surface area (Å²) in [6.45, 7) is 2.64. The third-order valence-electron chi connectivity index (χ3n) is 2.66. The van der Waals surface area contributed by atoms with E-state index in [1.165, 1.54) is 0 Å². The van der Waals surface area contributed by atoms with Gasteiger partial charge in [0.05, 0.1) is 12.0 Å². The first-order valence-corrected chi connectivity index (χ1v) is 5.02. The third-order valence-corrected chi connectivity index (χ3v) is 2.66. The first-order chi connectivity index (χ1) is 6.83. The molecule has 1 aromatic rings. The van der Waals surface area contributed by atoms with E-state index >= 15 is 0 Å². The van der Waals surface area contributed by atoms with Crippen LogP contribution in [0, 0.1) is 0 Å². The van der Waals surface area contributed by atoms with E-state index in [0.717, 1.165) is 5.56 Å². The molecule has 2 nitrogen and oxygen atoms in total. The molecular weight excluding hydrogens is 176 g/mol. The summed E-state index contributed by atoms with van der Waals surface area (Å²) in [4.78, 5) is 11.4. The summed E-state index contributed by atoms with van der Waals surface area (Å²) in [6, 6.07) is 9.87. The van der Waals surface area contributed by atoms with Crippen LogP contribution in [0.25, 0.3) is 0 Å². The molecule has 2 unspecified atom stereocenters. The SMILES string of the molecule is CCOC1CC(=O)C1c1ccccc1. The van der Waals surface area contributed by atoms with E-state index in [9.17, 15) is 4.79 Å². The van der Waals surface area contributed by atoms with Crippen LogP contribution in [0.5, 0.6) is 0 Å². The van der Waals surface area contributed by atoms with Gasteiger partial charge in [-0.1, -0.05) is 30.3 Å². The largest absolute Gasteiger partial charge is 0.377 e. The third kappa shape index (κ3) is 1.58. The molecule has 0 aliphatic heterocycles. The van der Waals surface area contributed by atoms with Gasteiger partial charge >= 0.3 is 0 Å². The molecule has 0 heterocycles. The molecule has 0 bridgehead atoms. The van der Waals surface area contributed by atoms with Gasteiger partial charge in [-0.05, 0) is 12.5 Å². The van der Waals surface area contributed by atoms with Gasteiger partial charge in [0.25, 0.3) is 0 Å². The molecule has 2 heteroatoms. The predicted molar refractivity (Wildman–Crippen MR) is 54.2 cm³/mol. The second-order valence-corrected chi connectivity index (χ2v) is 3.55. The zero-order valence-electron chi connectivity index (χ0n) is 8.27. The van der Waals surface area contributed by atoms with E-state index in [1.54, 1.807) is 0 Å². The molecule has 0 saturated heterocycles. The van der Waals surface area contributed by atoms with Crippen LogP contribution in [0.3, 0.4) is 0 Å². The van der Waals surface area contributed by atoms with Crippen molar-refractivity contribution in [3.05, 3.63) is 35.9 Å². The Morgan fingerprint density at radius 3 is 2.64 bits per heavy atom. The number of carbonyl (C=O) groups excluding carboxylic acids is 1. The molecular formula is C12H14O2. The summed E-state index contributed by atoms with van der Waals surface area (Å²) >= 11 is 0. The lowest BCUT2D eigenvalue weighted by Gasteiger charge is -2.34. The molecule has 1 aromatic carbocycles. The van der Waals surface area contributed by atoms with Gasteiger partial charge < -0.3 is 4.74 Å². The van der Waals surface area contributed by atoms with E-state index in [1.807, 2.05) is 37.3 Å². The topological polar surface area (TPSA) is 26.3 Å². The molecule has 14 heavy (non-hydrogen) atoms. The van der Waals surface area contributed by atoms with Crippen molar-refractivity contribution < 1.29 is 9.53 Å². The van der Waals surface area contributed by atoms with Crippen molar-refractivity contribution in [2.24, 2.45) is 0 Å². The van der Waals surface area contributed by atoms with Gasteiger partial charge in [0.2, 0.25) is 0 Å². The molecule has 1 aliphatic rings. The van der Waals surface area contributed by atoms with Crippen molar-refractivity contribution >= 4 is 5.78 Å². The molecule has 0 spiro atoms. The quantitative estimate of drug-likeness (QED) is 0.730. The lowest BCUT2D eigenvalue weighted by atomic mass is 9.75. The van der Waals surface area contributed by atoms with Gasteiger partial charge in [0, 0.05) is 13.0 Å². The number of carbonyl (C=O) groups is 1. The fraction of sp³-hybridized carbons (Fsp3) is 0.417. The maximum atomic E-state index is 11.4. The van der Waals surface area contributed by atoms with E-state index in [0.29, 0.717) is 18.8 Å². The second-order valence-electron chi connectivity index (χ2n) is 3.55. The van der Waals surface area contributed by atoms with Gasteiger partial charge in [-0.15, -0.1) is 0 Å². The molecule has 2 rings (SSSR count). The summed E-state index contributed by atoms with van der Waals surface area (Å²) < 4.78 is 5.49. The van der Waals surface area contributed by atoms with Crippen molar-refractivity contribution in [2.45, 2.75) is 25.4 Å². The zero-order valence-corrected chi connectivity index (χ0v) is 8.27. The summed E-state index contributed by atoms with van der Waals surface area (Å²) in [5, 5.41) is 0. The smallest absolute Gasteiger partial charge is 0.145 e. The van der Waals surface area contributed by atoms with Crippen molar-refractivity contribution in [3.63, 3.8) is 0 Å². The van der Waals surface area contributed by atoms with Crippen LogP contribution in [0.2, 0.25) is 0 Å². The van der Waals surface area contributed by atoms with E-state index in [-0.39, 0.29) is 12.0 Å². The van der Waals surface area contributed by atoms with Gasteiger partial charge in [-0.3, -0.25) is 4.79 Å². The van der Waals surface area contributed by atoms with E-state index < -0.39 is 0 Å². The number of ketones is 1.